The van der Waals surface area contributed by atoms with Gasteiger partial charge in [0.2, 0.25) is 17.7 Å². The molecule has 1 fully saturated rings. The molecule has 0 unspecified atom stereocenters. The van der Waals surface area contributed by atoms with E-state index >= 15 is 8.78 Å². The number of halogens is 2. The van der Waals surface area contributed by atoms with Crippen LogP contribution in [0.15, 0.2) is 54.6 Å². The van der Waals surface area contributed by atoms with Crippen molar-refractivity contribution in [3.63, 3.8) is 0 Å². The van der Waals surface area contributed by atoms with Crippen LogP contribution in [0.25, 0.3) is 43.9 Å². The van der Waals surface area contributed by atoms with Crippen molar-refractivity contribution in [3.8, 4) is 39.5 Å². The van der Waals surface area contributed by atoms with E-state index in [0.717, 1.165) is 34.0 Å². The van der Waals surface area contributed by atoms with Crippen molar-refractivity contribution in [3.05, 3.63) is 83.1 Å². The molecule has 1 aromatic carbocycles. The van der Waals surface area contributed by atoms with Gasteiger partial charge >= 0.3 is 0 Å². The van der Waals surface area contributed by atoms with Crippen LogP contribution in [0.3, 0.4) is 0 Å². The standard InChI is InChI=1S/C42H44F2N8O4S/c1-7-35(53)51-18-23(2)52-33(24(51)3)16-32(47-52)41-39(38-30(44)14-28(43)15-34(38)56-22-25-12-36(54)49(6)19-25)42-29(9-11-57-42)40(46-41)26-13-27-20-50(21-37(55)48(4)5)10-8-31(27)45-17-26/h7,9,11,13-17,23-25H,1,8,10,12,18-22H2,2-6H3/t23-,24+,25+/m0/s1. The van der Waals surface area contributed by atoms with Gasteiger partial charge in [-0.2, -0.15) is 5.10 Å². The molecule has 4 aromatic heterocycles. The number of benzene rings is 1. The van der Waals surface area contributed by atoms with Gasteiger partial charge in [0.15, 0.2) is 0 Å². The lowest BCUT2D eigenvalue weighted by atomic mass is 9.95. The van der Waals surface area contributed by atoms with Gasteiger partial charge in [0.25, 0.3) is 0 Å². The van der Waals surface area contributed by atoms with E-state index in [4.69, 9.17) is 19.8 Å². The van der Waals surface area contributed by atoms with Crippen molar-refractivity contribution >= 4 is 39.1 Å². The van der Waals surface area contributed by atoms with Crippen LogP contribution in [0.5, 0.6) is 5.75 Å². The first-order valence-corrected chi connectivity index (χ1v) is 19.9. The number of rotatable bonds is 9. The van der Waals surface area contributed by atoms with Crippen LogP contribution in [0, 0.1) is 17.6 Å². The summed E-state index contributed by atoms with van der Waals surface area (Å²) in [5.74, 6) is -1.97. The Labute approximate surface area is 333 Å². The first kappa shape index (κ1) is 38.3. The summed E-state index contributed by atoms with van der Waals surface area (Å²) in [5.41, 5.74) is 5.29. The van der Waals surface area contributed by atoms with Gasteiger partial charge in [0, 0.05) is 111 Å². The highest BCUT2D eigenvalue weighted by atomic mass is 32.1. The summed E-state index contributed by atoms with van der Waals surface area (Å²) < 4.78 is 40.4. The Hall–Kier alpha value is -5.54. The van der Waals surface area contributed by atoms with Gasteiger partial charge in [-0.15, -0.1) is 11.3 Å². The van der Waals surface area contributed by atoms with Gasteiger partial charge < -0.3 is 19.4 Å². The summed E-state index contributed by atoms with van der Waals surface area (Å²) >= 11 is 1.40. The van der Waals surface area contributed by atoms with E-state index in [0.29, 0.717) is 66.5 Å². The second-order valence-electron chi connectivity index (χ2n) is 15.5. The van der Waals surface area contributed by atoms with Crippen molar-refractivity contribution < 1.29 is 27.9 Å². The summed E-state index contributed by atoms with van der Waals surface area (Å²) in [4.78, 5) is 55.0. The Kier molecular flexibility index (Phi) is 10.1. The molecule has 0 N–H and O–H groups in total. The Balaban J connectivity index is 1.30. The highest BCUT2D eigenvalue weighted by molar-refractivity contribution is 7.18. The third-order valence-electron chi connectivity index (χ3n) is 11.3. The normalized spacial score (nSPS) is 19.5. The molecule has 8 rings (SSSR count). The summed E-state index contributed by atoms with van der Waals surface area (Å²) in [6.07, 6.45) is 4.08. The molecule has 0 spiro atoms. The molecule has 15 heteroatoms. The monoisotopic (exact) mass is 794 g/mol. The first-order chi connectivity index (χ1) is 27.3. The number of thiophene rings is 1. The number of amides is 3. The highest BCUT2D eigenvalue weighted by Crippen LogP contribution is 2.48. The van der Waals surface area contributed by atoms with E-state index in [1.165, 1.54) is 23.5 Å². The Morgan fingerprint density at radius 3 is 2.65 bits per heavy atom. The minimum atomic E-state index is -0.827. The molecular weight excluding hydrogens is 751 g/mol. The van der Waals surface area contributed by atoms with Crippen molar-refractivity contribution in [1.82, 2.24) is 39.3 Å². The fourth-order valence-corrected chi connectivity index (χ4v) is 9.14. The van der Waals surface area contributed by atoms with Crippen molar-refractivity contribution in [2.45, 2.75) is 45.3 Å². The number of hydrogen-bond donors (Lipinski definition) is 0. The number of carbonyl (C=O) groups excluding carboxylic acids is 3. The third kappa shape index (κ3) is 7.07. The van der Waals surface area contributed by atoms with Crippen LogP contribution in [-0.4, -0.2) is 111 Å². The fourth-order valence-electron chi connectivity index (χ4n) is 8.19. The molecule has 57 heavy (non-hydrogen) atoms. The average Bonchev–Trinajstić information content (AvgIpc) is 3.93. The minimum absolute atomic E-state index is 0.00345. The number of likely N-dealkylation sites (tertiary alicyclic amines) is 1. The number of carbonyl (C=O) groups is 3. The van der Waals surface area contributed by atoms with Gasteiger partial charge in [-0.3, -0.25) is 28.9 Å². The van der Waals surface area contributed by atoms with Crippen molar-refractivity contribution in [2.24, 2.45) is 5.92 Å². The van der Waals surface area contributed by atoms with Gasteiger partial charge in [0.05, 0.1) is 42.2 Å². The summed E-state index contributed by atoms with van der Waals surface area (Å²) in [6.45, 7) is 10.1. The molecule has 1 saturated heterocycles. The van der Waals surface area contributed by atoms with E-state index in [2.05, 4.69) is 17.5 Å². The zero-order valence-corrected chi connectivity index (χ0v) is 33.4. The smallest absolute Gasteiger partial charge is 0.246 e. The lowest BCUT2D eigenvalue weighted by molar-refractivity contribution is -0.130. The van der Waals surface area contributed by atoms with E-state index in [1.807, 2.05) is 36.0 Å². The van der Waals surface area contributed by atoms with Gasteiger partial charge in [-0.05, 0) is 49.1 Å². The Morgan fingerprint density at radius 1 is 1.11 bits per heavy atom. The van der Waals surface area contributed by atoms with E-state index in [9.17, 15) is 14.4 Å². The van der Waals surface area contributed by atoms with Crippen molar-refractivity contribution in [1.29, 1.82) is 0 Å². The van der Waals surface area contributed by atoms with E-state index in [-0.39, 0.29) is 60.1 Å². The SMILES string of the molecule is C=CC(=O)N1C[C@H](C)n2nc(-c3nc(-c4cnc5c(c4)CN(CC(=O)N(C)C)CC5)c4ccsc4c3-c3c(F)cc(F)cc3OC[C@@H]3CC(=O)N(C)C3)cc2[C@H]1C. The largest absolute Gasteiger partial charge is 0.492 e. The van der Waals surface area contributed by atoms with E-state index < -0.39 is 11.6 Å². The molecule has 3 aliphatic rings. The minimum Gasteiger partial charge on any atom is -0.492 e. The fraction of sp³-hybridized carbons (Fsp3) is 0.381. The van der Waals surface area contributed by atoms with Gasteiger partial charge in [-0.1, -0.05) is 6.58 Å². The Morgan fingerprint density at radius 2 is 1.91 bits per heavy atom. The molecule has 0 saturated carbocycles. The van der Waals surface area contributed by atoms with Crippen LogP contribution in [0.4, 0.5) is 8.78 Å². The number of hydrogen-bond acceptors (Lipinski definition) is 9. The number of aromatic nitrogens is 4. The Bertz CT molecular complexity index is 2450. The molecule has 0 bridgehead atoms. The number of likely N-dealkylation sites (N-methyl/N-ethyl adjacent to an activating group) is 1. The molecule has 3 aliphatic heterocycles. The zero-order valence-electron chi connectivity index (χ0n) is 32.6. The van der Waals surface area contributed by atoms with Crippen LogP contribution in [-0.2, 0) is 27.3 Å². The van der Waals surface area contributed by atoms with Crippen LogP contribution >= 0.6 is 11.3 Å². The maximum Gasteiger partial charge on any atom is 0.246 e. The third-order valence-corrected chi connectivity index (χ3v) is 12.2. The first-order valence-electron chi connectivity index (χ1n) is 19.0. The number of ether oxygens (including phenoxy) is 1. The lowest BCUT2D eigenvalue weighted by Gasteiger charge is -2.36. The summed E-state index contributed by atoms with van der Waals surface area (Å²) in [7, 11) is 5.22. The van der Waals surface area contributed by atoms with Crippen LogP contribution < -0.4 is 4.74 Å². The maximum atomic E-state index is 16.5. The second kappa shape index (κ2) is 15.1. The summed E-state index contributed by atoms with van der Waals surface area (Å²) in [5, 5.41) is 7.71. The molecule has 0 radical (unpaired) electrons. The highest BCUT2D eigenvalue weighted by Gasteiger charge is 2.35. The molecule has 7 heterocycles. The molecule has 0 aliphatic carbocycles. The topological polar surface area (TPSA) is 117 Å². The number of nitrogens with zero attached hydrogens (tertiary/aromatic N) is 8. The van der Waals surface area contributed by atoms with E-state index in [1.54, 1.807) is 42.0 Å². The molecule has 12 nitrogen and oxygen atoms in total. The molecule has 3 amide bonds. The maximum absolute atomic E-state index is 16.5. The quantitative estimate of drug-likeness (QED) is 0.164. The predicted octanol–water partition coefficient (Wildman–Crippen LogP) is 6.12. The lowest BCUT2D eigenvalue weighted by Crippen LogP contribution is -2.42. The predicted molar refractivity (Wildman–Crippen MR) is 213 cm³/mol. The number of fused-ring (bicyclic) bond motifs is 3. The molecule has 3 atom stereocenters. The van der Waals surface area contributed by atoms with Gasteiger partial charge in [0.1, 0.15) is 28.8 Å². The van der Waals surface area contributed by atoms with Crippen molar-refractivity contribution in [2.75, 3.05) is 53.9 Å². The number of pyridine rings is 2. The van der Waals surface area contributed by atoms with Gasteiger partial charge in [-0.25, -0.2) is 13.8 Å². The molecule has 296 valence electrons. The van der Waals surface area contributed by atoms with Crippen LogP contribution in [0.2, 0.25) is 0 Å². The average molecular weight is 795 g/mol. The zero-order chi connectivity index (χ0) is 40.3. The summed E-state index contributed by atoms with van der Waals surface area (Å²) in [6, 6.07) is 7.35. The molecular formula is C42H44F2N8O4S. The second-order valence-corrected chi connectivity index (χ2v) is 16.4. The molecule has 5 aromatic rings. The van der Waals surface area contributed by atoms with Crippen LogP contribution in [0.1, 0.15) is 49.3 Å².